The molecule has 25 heavy (non-hydrogen) atoms. The molecule has 1 aromatic carbocycles. The van der Waals surface area contributed by atoms with Crippen LogP contribution in [0.25, 0.3) is 6.08 Å². The van der Waals surface area contributed by atoms with Gasteiger partial charge in [0.05, 0.1) is 5.56 Å². The van der Waals surface area contributed by atoms with Gasteiger partial charge in [-0.25, -0.2) is 4.79 Å². The second kappa shape index (κ2) is 7.43. The van der Waals surface area contributed by atoms with E-state index in [-0.39, 0.29) is 11.5 Å². The van der Waals surface area contributed by atoms with Crippen molar-refractivity contribution in [2.45, 2.75) is 6.92 Å². The second-order valence-electron chi connectivity index (χ2n) is 5.43. The third-order valence-corrected chi connectivity index (χ3v) is 3.34. The van der Waals surface area contributed by atoms with Crippen molar-refractivity contribution in [2.75, 3.05) is 10.6 Å². The fourth-order valence-corrected chi connectivity index (χ4v) is 2.18. The van der Waals surface area contributed by atoms with E-state index in [4.69, 9.17) is 0 Å². The molecule has 0 radical (unpaired) electrons. The summed E-state index contributed by atoms with van der Waals surface area (Å²) in [5.41, 5.74) is 0.336. The van der Waals surface area contributed by atoms with Crippen LogP contribution in [0.15, 0.2) is 46.1 Å². The summed E-state index contributed by atoms with van der Waals surface area (Å²) in [7, 11) is 2.89. The van der Waals surface area contributed by atoms with Crippen LogP contribution < -0.4 is 21.9 Å². The van der Waals surface area contributed by atoms with Crippen LogP contribution >= 0.6 is 0 Å². The minimum absolute atomic E-state index is 0.214. The molecule has 8 nitrogen and oxygen atoms in total. The number of nitrogens with zero attached hydrogens (tertiary/aromatic N) is 2. The number of amides is 2. The van der Waals surface area contributed by atoms with Gasteiger partial charge in [0.2, 0.25) is 11.8 Å². The Balaban J connectivity index is 2.16. The summed E-state index contributed by atoms with van der Waals surface area (Å²) >= 11 is 0. The number of aryl methyl sites for hydroxylation is 1. The zero-order valence-corrected chi connectivity index (χ0v) is 14.1. The molecule has 1 heterocycles. The fraction of sp³-hybridized carbons (Fsp3) is 0.176. The number of hydrogen-bond acceptors (Lipinski definition) is 4. The van der Waals surface area contributed by atoms with Gasteiger partial charge in [-0.15, -0.1) is 0 Å². The lowest BCUT2D eigenvalue weighted by Gasteiger charge is -2.06. The number of hydrogen-bond donors (Lipinski definition) is 2. The first-order valence-corrected chi connectivity index (χ1v) is 7.41. The van der Waals surface area contributed by atoms with Crippen LogP contribution in [0.4, 0.5) is 11.4 Å². The van der Waals surface area contributed by atoms with E-state index < -0.39 is 17.2 Å². The van der Waals surface area contributed by atoms with Gasteiger partial charge in [0.15, 0.2) is 0 Å². The lowest BCUT2D eigenvalue weighted by Crippen LogP contribution is -2.37. The normalized spacial score (nSPS) is 10.7. The number of nitrogens with one attached hydrogen (secondary N) is 2. The number of anilines is 2. The first-order valence-electron chi connectivity index (χ1n) is 7.41. The van der Waals surface area contributed by atoms with Gasteiger partial charge in [-0.05, 0) is 24.3 Å². The Kier molecular flexibility index (Phi) is 5.33. The molecule has 0 aliphatic heterocycles. The number of benzene rings is 1. The van der Waals surface area contributed by atoms with Gasteiger partial charge >= 0.3 is 5.69 Å². The summed E-state index contributed by atoms with van der Waals surface area (Å²) in [6.07, 6.45) is 3.91. The van der Waals surface area contributed by atoms with Crippen molar-refractivity contribution in [1.82, 2.24) is 9.13 Å². The van der Waals surface area contributed by atoms with E-state index in [0.717, 1.165) is 4.57 Å². The highest BCUT2D eigenvalue weighted by Crippen LogP contribution is 2.15. The van der Waals surface area contributed by atoms with Gasteiger partial charge in [-0.3, -0.25) is 19.0 Å². The molecule has 0 saturated carbocycles. The Labute approximate surface area is 143 Å². The Morgan fingerprint density at radius 3 is 2.36 bits per heavy atom. The van der Waals surface area contributed by atoms with E-state index in [2.05, 4.69) is 10.6 Å². The van der Waals surface area contributed by atoms with Crippen LogP contribution in [0, 0.1) is 0 Å². The first-order chi connectivity index (χ1) is 11.8. The Morgan fingerprint density at radius 2 is 1.72 bits per heavy atom. The molecule has 0 aliphatic rings. The molecule has 0 bridgehead atoms. The standard InChI is InChI=1S/C17H18N4O4/c1-11(22)18-13-5-4-6-14(9-13)19-15(23)8-7-12-10-20(2)17(25)21(3)16(12)24/h4-10H,1-3H3,(H,18,22)(H,19,23)/b8-7+. The number of carbonyl (C=O) groups is 2. The minimum Gasteiger partial charge on any atom is -0.326 e. The molecule has 2 amide bonds. The number of carbonyl (C=O) groups excluding carboxylic acids is 2. The molecule has 0 aliphatic carbocycles. The highest BCUT2D eigenvalue weighted by Gasteiger charge is 2.05. The molecule has 1 aromatic heterocycles. The number of aromatic nitrogens is 2. The van der Waals surface area contributed by atoms with Gasteiger partial charge in [-0.1, -0.05) is 6.07 Å². The van der Waals surface area contributed by atoms with Crippen LogP contribution in [0.5, 0.6) is 0 Å². The van der Waals surface area contributed by atoms with Crippen LogP contribution in [0.3, 0.4) is 0 Å². The van der Waals surface area contributed by atoms with E-state index in [9.17, 15) is 19.2 Å². The van der Waals surface area contributed by atoms with E-state index in [1.54, 1.807) is 24.3 Å². The van der Waals surface area contributed by atoms with E-state index in [1.165, 1.54) is 43.9 Å². The van der Waals surface area contributed by atoms with Crippen molar-refractivity contribution in [1.29, 1.82) is 0 Å². The smallest absolute Gasteiger partial charge is 0.326 e. The third-order valence-electron chi connectivity index (χ3n) is 3.34. The summed E-state index contributed by atoms with van der Waals surface area (Å²) in [5, 5.41) is 5.25. The monoisotopic (exact) mass is 342 g/mol. The summed E-state index contributed by atoms with van der Waals surface area (Å²) < 4.78 is 2.23. The molecule has 8 heteroatoms. The topological polar surface area (TPSA) is 102 Å². The maximum absolute atomic E-state index is 12.0. The fourth-order valence-electron chi connectivity index (χ4n) is 2.18. The van der Waals surface area contributed by atoms with Gasteiger partial charge in [0, 0.05) is 44.7 Å². The predicted octanol–water partition coefficient (Wildman–Crippen LogP) is 0.694. The van der Waals surface area contributed by atoms with Crippen LogP contribution in [0.2, 0.25) is 0 Å². The minimum atomic E-state index is -0.486. The van der Waals surface area contributed by atoms with Crippen LogP contribution in [-0.2, 0) is 23.7 Å². The quantitative estimate of drug-likeness (QED) is 0.798. The predicted molar refractivity (Wildman–Crippen MR) is 95.3 cm³/mol. The Morgan fingerprint density at radius 1 is 1.08 bits per heavy atom. The largest absolute Gasteiger partial charge is 0.330 e. The molecular weight excluding hydrogens is 324 g/mol. The molecule has 0 saturated heterocycles. The van der Waals surface area contributed by atoms with Gasteiger partial charge < -0.3 is 15.2 Å². The molecule has 2 rings (SSSR count). The van der Waals surface area contributed by atoms with Gasteiger partial charge in [-0.2, -0.15) is 0 Å². The average Bonchev–Trinajstić information content (AvgIpc) is 2.54. The summed E-state index contributed by atoms with van der Waals surface area (Å²) in [6.45, 7) is 1.39. The van der Waals surface area contributed by atoms with E-state index in [0.29, 0.717) is 11.4 Å². The lowest BCUT2D eigenvalue weighted by molar-refractivity contribution is -0.114. The molecule has 0 spiro atoms. The SMILES string of the molecule is CC(=O)Nc1cccc(NC(=O)/C=C/c2cn(C)c(=O)n(C)c2=O)c1. The average molecular weight is 342 g/mol. The van der Waals surface area contributed by atoms with Crippen molar-refractivity contribution in [3.05, 3.63) is 62.9 Å². The second-order valence-corrected chi connectivity index (χ2v) is 5.43. The molecule has 130 valence electrons. The van der Waals surface area contributed by atoms with Crippen LogP contribution in [-0.4, -0.2) is 20.9 Å². The Hall–Kier alpha value is -3.42. The van der Waals surface area contributed by atoms with E-state index in [1.807, 2.05) is 0 Å². The third kappa shape index (κ3) is 4.54. The first kappa shape index (κ1) is 17.9. The highest BCUT2D eigenvalue weighted by atomic mass is 16.2. The molecule has 0 fully saturated rings. The molecular formula is C17H18N4O4. The van der Waals surface area contributed by atoms with E-state index >= 15 is 0 Å². The van der Waals surface area contributed by atoms with Crippen molar-refractivity contribution >= 4 is 29.3 Å². The maximum atomic E-state index is 12.0. The number of rotatable bonds is 4. The lowest BCUT2D eigenvalue weighted by atomic mass is 10.2. The summed E-state index contributed by atoms with van der Waals surface area (Å²) in [5.74, 6) is -0.662. The van der Waals surface area contributed by atoms with Crippen molar-refractivity contribution in [2.24, 2.45) is 14.1 Å². The zero-order valence-electron chi connectivity index (χ0n) is 14.1. The summed E-state index contributed by atoms with van der Waals surface area (Å²) in [6, 6.07) is 6.66. The molecule has 2 N–H and O–H groups in total. The Bertz CT molecular complexity index is 969. The molecule has 0 atom stereocenters. The van der Waals surface area contributed by atoms with Gasteiger partial charge in [0.25, 0.3) is 5.56 Å². The van der Waals surface area contributed by atoms with Crippen molar-refractivity contribution < 1.29 is 9.59 Å². The highest BCUT2D eigenvalue weighted by molar-refractivity contribution is 6.02. The maximum Gasteiger partial charge on any atom is 0.330 e. The van der Waals surface area contributed by atoms with Gasteiger partial charge in [0.1, 0.15) is 0 Å². The van der Waals surface area contributed by atoms with Crippen molar-refractivity contribution in [3.63, 3.8) is 0 Å². The molecule has 0 unspecified atom stereocenters. The van der Waals surface area contributed by atoms with Crippen molar-refractivity contribution in [3.8, 4) is 0 Å². The zero-order chi connectivity index (χ0) is 18.6. The van der Waals surface area contributed by atoms with Crippen LogP contribution in [0.1, 0.15) is 12.5 Å². The summed E-state index contributed by atoms with van der Waals surface area (Å²) in [4.78, 5) is 46.7. The molecule has 2 aromatic rings.